The van der Waals surface area contributed by atoms with E-state index in [0.29, 0.717) is 10.7 Å². The Morgan fingerprint density at radius 1 is 1.44 bits per heavy atom. The number of anilines is 1. The van der Waals surface area contributed by atoms with Crippen LogP contribution in [0.1, 0.15) is 6.92 Å². The number of hydrazine groups is 1. The Hall–Kier alpha value is -0.930. The first-order valence-electron chi connectivity index (χ1n) is 5.17. The van der Waals surface area contributed by atoms with E-state index in [1.165, 1.54) is 13.9 Å². The smallest absolute Gasteiger partial charge is 0.359 e. The minimum atomic E-state index is -0.537. The number of nitrogens with zero attached hydrogens (tertiary/aromatic N) is 1. The molecule has 0 bridgehead atoms. The number of rotatable bonds is 5. The van der Waals surface area contributed by atoms with Gasteiger partial charge in [0.05, 0.1) is 12.3 Å². The second-order valence-corrected chi connectivity index (χ2v) is 5.13. The lowest BCUT2D eigenvalue weighted by molar-refractivity contribution is -0.138. The first-order valence-corrected chi connectivity index (χ1v) is 8.53. The normalized spacial score (nSPS) is 11.7. The van der Waals surface area contributed by atoms with Crippen molar-refractivity contribution in [1.29, 1.82) is 0 Å². The number of para-hydroxylation sites is 1. The minimum absolute atomic E-state index is 0.141. The number of hydrogen-bond acceptors (Lipinski definition) is 6. The standard InChI is InChI=1S/C11H14IN3O2S/c1-2-17-11(16)9(10(13)18-12)15(14)8-6-4-3-5-7-8/h3-7H,2,13-14H2,1H3/b10-9+. The van der Waals surface area contributed by atoms with Crippen molar-refractivity contribution in [2.75, 3.05) is 11.6 Å². The molecule has 1 aromatic rings. The number of nitrogens with two attached hydrogens (primary N) is 2. The highest BCUT2D eigenvalue weighted by atomic mass is 127. The van der Waals surface area contributed by atoms with Crippen LogP contribution in [0, 0.1) is 0 Å². The summed E-state index contributed by atoms with van der Waals surface area (Å²) >= 11 is 1.99. The van der Waals surface area contributed by atoms with Crippen molar-refractivity contribution >= 4 is 41.8 Å². The number of carbonyl (C=O) groups excluding carboxylic acids is 1. The van der Waals surface area contributed by atoms with Crippen LogP contribution in [0.2, 0.25) is 0 Å². The predicted molar refractivity (Wildman–Crippen MR) is 82.6 cm³/mol. The van der Waals surface area contributed by atoms with E-state index in [0.717, 1.165) is 0 Å². The molecule has 0 aliphatic rings. The third-order valence-corrected chi connectivity index (χ3v) is 3.84. The Morgan fingerprint density at radius 2 is 2.06 bits per heavy atom. The van der Waals surface area contributed by atoms with Gasteiger partial charge in [-0.2, -0.15) is 0 Å². The van der Waals surface area contributed by atoms with Crippen molar-refractivity contribution in [3.63, 3.8) is 0 Å². The first-order chi connectivity index (χ1) is 8.61. The molecule has 5 nitrogen and oxygen atoms in total. The van der Waals surface area contributed by atoms with Crippen molar-refractivity contribution < 1.29 is 9.53 Å². The molecule has 0 radical (unpaired) electrons. The molecule has 98 valence electrons. The zero-order valence-corrected chi connectivity index (χ0v) is 12.8. The molecule has 1 rings (SSSR count). The highest BCUT2D eigenvalue weighted by Gasteiger charge is 2.21. The van der Waals surface area contributed by atoms with Crippen LogP contribution in [0.15, 0.2) is 41.1 Å². The molecule has 0 unspecified atom stereocenters. The summed E-state index contributed by atoms with van der Waals surface area (Å²) < 4.78 is 4.95. The molecule has 4 N–H and O–H groups in total. The minimum Gasteiger partial charge on any atom is -0.461 e. The summed E-state index contributed by atoms with van der Waals surface area (Å²) in [6.07, 6.45) is 0. The van der Waals surface area contributed by atoms with Gasteiger partial charge in [0.25, 0.3) is 0 Å². The molecule has 0 heterocycles. The fourth-order valence-corrected chi connectivity index (χ4v) is 2.15. The first kappa shape index (κ1) is 15.1. The highest BCUT2D eigenvalue weighted by Crippen LogP contribution is 2.26. The lowest BCUT2D eigenvalue weighted by atomic mass is 10.3. The number of ether oxygens (including phenoxy) is 1. The SMILES string of the molecule is CCOC(=O)/C(=C(/N)SI)N(N)c1ccccc1. The van der Waals surface area contributed by atoms with Crippen molar-refractivity contribution in [3.05, 3.63) is 41.1 Å². The van der Waals surface area contributed by atoms with Crippen LogP contribution in [-0.4, -0.2) is 12.6 Å². The Kier molecular flexibility index (Phi) is 6.30. The van der Waals surface area contributed by atoms with Gasteiger partial charge in [-0.15, -0.1) is 0 Å². The third kappa shape index (κ3) is 3.79. The summed E-state index contributed by atoms with van der Waals surface area (Å²) in [7, 11) is 1.21. The zero-order chi connectivity index (χ0) is 13.5. The quantitative estimate of drug-likeness (QED) is 0.268. The Labute approximate surface area is 122 Å². The van der Waals surface area contributed by atoms with Crippen molar-refractivity contribution in [2.24, 2.45) is 11.6 Å². The summed E-state index contributed by atoms with van der Waals surface area (Å²) in [5, 5.41) is 1.54. The van der Waals surface area contributed by atoms with Crippen molar-refractivity contribution in [3.8, 4) is 0 Å². The van der Waals surface area contributed by atoms with Crippen LogP contribution in [0.4, 0.5) is 5.69 Å². The molecule has 0 aliphatic heterocycles. The molecule has 18 heavy (non-hydrogen) atoms. The van der Waals surface area contributed by atoms with E-state index in [1.54, 1.807) is 19.1 Å². The molecule has 0 aliphatic carbocycles. The topological polar surface area (TPSA) is 81.6 Å². The summed E-state index contributed by atoms with van der Waals surface area (Å²) in [4.78, 5) is 11.9. The van der Waals surface area contributed by atoms with Crippen LogP contribution < -0.4 is 16.6 Å². The molecule has 0 aromatic heterocycles. The summed E-state index contributed by atoms with van der Waals surface area (Å²) in [5.74, 6) is 5.39. The largest absolute Gasteiger partial charge is 0.461 e. The number of esters is 1. The molecule has 7 heteroatoms. The fraction of sp³-hybridized carbons (Fsp3) is 0.182. The zero-order valence-electron chi connectivity index (χ0n) is 9.80. The lowest BCUT2D eigenvalue weighted by Gasteiger charge is -2.21. The monoisotopic (exact) mass is 379 g/mol. The molecule has 1 aromatic carbocycles. The number of benzene rings is 1. The molecular formula is C11H14IN3O2S. The van der Waals surface area contributed by atoms with Gasteiger partial charge in [0, 0.05) is 21.2 Å². The maximum absolute atomic E-state index is 11.9. The van der Waals surface area contributed by atoms with Crippen LogP contribution in [0.5, 0.6) is 0 Å². The van der Waals surface area contributed by atoms with Gasteiger partial charge in [-0.3, -0.25) is 5.01 Å². The van der Waals surface area contributed by atoms with E-state index >= 15 is 0 Å². The van der Waals surface area contributed by atoms with Crippen LogP contribution in [-0.2, 0) is 9.53 Å². The van der Waals surface area contributed by atoms with Gasteiger partial charge < -0.3 is 10.5 Å². The molecule has 0 fully saturated rings. The van der Waals surface area contributed by atoms with Gasteiger partial charge in [0.2, 0.25) is 0 Å². The van der Waals surface area contributed by atoms with Gasteiger partial charge in [0.1, 0.15) is 5.03 Å². The molecular weight excluding hydrogens is 365 g/mol. The molecule has 0 saturated carbocycles. The fourth-order valence-electron chi connectivity index (χ4n) is 1.27. The van der Waals surface area contributed by atoms with E-state index in [4.69, 9.17) is 16.3 Å². The summed E-state index contributed by atoms with van der Waals surface area (Å²) in [6.45, 7) is 2.00. The van der Waals surface area contributed by atoms with Crippen LogP contribution in [0.3, 0.4) is 0 Å². The number of carbonyl (C=O) groups is 1. The number of halogens is 1. The second-order valence-electron chi connectivity index (χ2n) is 3.22. The lowest BCUT2D eigenvalue weighted by Crippen LogP contribution is -2.36. The van der Waals surface area contributed by atoms with E-state index in [1.807, 2.05) is 39.4 Å². The molecule has 0 saturated heterocycles. The Balaban J connectivity index is 3.09. The maximum Gasteiger partial charge on any atom is 0.359 e. The Morgan fingerprint density at radius 3 is 2.56 bits per heavy atom. The average molecular weight is 379 g/mol. The predicted octanol–water partition coefficient (Wildman–Crippen LogP) is 2.14. The Bertz CT molecular complexity index is 439. The van der Waals surface area contributed by atoms with Gasteiger partial charge in [-0.1, -0.05) is 18.2 Å². The van der Waals surface area contributed by atoms with E-state index in [-0.39, 0.29) is 12.3 Å². The van der Waals surface area contributed by atoms with Crippen LogP contribution in [0.25, 0.3) is 0 Å². The molecule has 0 atom stereocenters. The number of hydrogen-bond donors (Lipinski definition) is 2. The maximum atomic E-state index is 11.9. The van der Waals surface area contributed by atoms with Gasteiger partial charge in [-0.25, -0.2) is 10.6 Å². The van der Waals surface area contributed by atoms with Gasteiger partial charge >= 0.3 is 5.97 Å². The molecule has 0 spiro atoms. The van der Waals surface area contributed by atoms with Gasteiger partial charge in [-0.05, 0) is 28.0 Å². The third-order valence-electron chi connectivity index (χ3n) is 2.06. The average Bonchev–Trinajstić information content (AvgIpc) is 2.40. The van der Waals surface area contributed by atoms with E-state index < -0.39 is 5.97 Å². The molecule has 0 amide bonds. The van der Waals surface area contributed by atoms with Crippen molar-refractivity contribution in [1.82, 2.24) is 0 Å². The second kappa shape index (κ2) is 7.49. The van der Waals surface area contributed by atoms with E-state index in [9.17, 15) is 4.79 Å². The summed E-state index contributed by atoms with van der Waals surface area (Å²) in [5.41, 5.74) is 6.60. The van der Waals surface area contributed by atoms with Crippen molar-refractivity contribution in [2.45, 2.75) is 6.92 Å². The van der Waals surface area contributed by atoms with Crippen LogP contribution >= 0.6 is 30.1 Å². The van der Waals surface area contributed by atoms with E-state index in [2.05, 4.69) is 0 Å². The summed E-state index contributed by atoms with van der Waals surface area (Å²) in [6, 6.07) is 9.08. The van der Waals surface area contributed by atoms with Gasteiger partial charge in [0.15, 0.2) is 5.70 Å². The highest BCUT2D eigenvalue weighted by molar-refractivity contribution is 14.2.